The average Bonchev–Trinajstić information content (AvgIpc) is 2.66. The Kier molecular flexibility index (Phi) is 6.84. The van der Waals surface area contributed by atoms with Crippen LogP contribution in [0, 0.1) is 11.7 Å². The molecule has 2 aliphatic heterocycles. The number of carbonyl (C=O) groups excluding carboxylic acids is 1. The molecule has 0 atom stereocenters. The Balaban J connectivity index is 1.34. The molecule has 3 rings (SSSR count). The lowest BCUT2D eigenvalue weighted by molar-refractivity contribution is -0.122. The second kappa shape index (κ2) is 9.13. The molecule has 2 heterocycles. The predicted molar refractivity (Wildman–Crippen MR) is 104 cm³/mol. The van der Waals surface area contributed by atoms with Gasteiger partial charge in [-0.2, -0.15) is 0 Å². The molecule has 27 heavy (non-hydrogen) atoms. The molecule has 6 heteroatoms. The Bertz CT molecular complexity index is 606. The molecular weight excluding hydrogens is 345 g/mol. The molecule has 2 N–H and O–H groups in total. The van der Waals surface area contributed by atoms with E-state index < -0.39 is 5.60 Å². The molecule has 150 valence electrons. The molecule has 0 unspecified atom stereocenters. The van der Waals surface area contributed by atoms with Gasteiger partial charge >= 0.3 is 0 Å². The lowest BCUT2D eigenvalue weighted by atomic mass is 9.84. The van der Waals surface area contributed by atoms with Crippen LogP contribution in [-0.4, -0.2) is 66.6 Å². The first-order chi connectivity index (χ1) is 12.9. The monoisotopic (exact) mass is 377 g/mol. The number of rotatable bonds is 6. The largest absolute Gasteiger partial charge is 0.385 e. The minimum absolute atomic E-state index is 0.101. The number of hydrogen-bond acceptors (Lipinski definition) is 4. The summed E-state index contributed by atoms with van der Waals surface area (Å²) in [7, 11) is 0. The number of piperidine rings is 2. The molecule has 0 radical (unpaired) electrons. The number of nitrogens with zero attached hydrogens (tertiary/aromatic N) is 2. The highest BCUT2D eigenvalue weighted by atomic mass is 19.1. The number of likely N-dealkylation sites (tertiary alicyclic amines) is 2. The fraction of sp³-hybridized carbons (Fsp3) is 0.667. The summed E-state index contributed by atoms with van der Waals surface area (Å²) in [6.45, 7) is 7.78. The highest BCUT2D eigenvalue weighted by Gasteiger charge is 2.33. The van der Waals surface area contributed by atoms with E-state index in [1.807, 2.05) is 0 Å². The molecule has 1 amide bonds. The summed E-state index contributed by atoms with van der Waals surface area (Å²) in [5.74, 6) is 0.593. The van der Waals surface area contributed by atoms with Crippen molar-refractivity contribution in [3.63, 3.8) is 0 Å². The second-order valence-electron chi connectivity index (χ2n) is 8.19. The number of nitrogens with one attached hydrogen (secondary N) is 1. The summed E-state index contributed by atoms with van der Waals surface area (Å²) in [5.41, 5.74) is -0.0912. The van der Waals surface area contributed by atoms with Gasteiger partial charge in [0, 0.05) is 26.2 Å². The van der Waals surface area contributed by atoms with E-state index in [0.717, 1.165) is 44.2 Å². The topological polar surface area (TPSA) is 55.8 Å². The zero-order chi connectivity index (χ0) is 19.3. The van der Waals surface area contributed by atoms with Crippen LogP contribution in [-0.2, 0) is 10.4 Å². The van der Waals surface area contributed by atoms with Gasteiger partial charge < -0.3 is 15.3 Å². The highest BCUT2D eigenvalue weighted by Crippen LogP contribution is 2.32. The Morgan fingerprint density at radius 1 is 1.15 bits per heavy atom. The van der Waals surface area contributed by atoms with Gasteiger partial charge in [0.15, 0.2) is 0 Å². The van der Waals surface area contributed by atoms with Crippen molar-refractivity contribution < 1.29 is 14.3 Å². The van der Waals surface area contributed by atoms with Gasteiger partial charge in [-0.1, -0.05) is 19.1 Å². The van der Waals surface area contributed by atoms with Crippen molar-refractivity contribution in [2.45, 2.75) is 38.2 Å². The van der Waals surface area contributed by atoms with Crippen molar-refractivity contribution in [2.24, 2.45) is 5.92 Å². The van der Waals surface area contributed by atoms with E-state index in [1.54, 1.807) is 12.1 Å². The lowest BCUT2D eigenvalue weighted by Gasteiger charge is -2.38. The maximum absolute atomic E-state index is 13.1. The van der Waals surface area contributed by atoms with Gasteiger partial charge in [-0.3, -0.25) is 9.69 Å². The third-order valence-corrected chi connectivity index (χ3v) is 6.06. The van der Waals surface area contributed by atoms with E-state index >= 15 is 0 Å². The standard InChI is InChI=1S/C21H32FN3O2/c1-17-6-11-25(12-7-17)16-20(26)23-10-15-24-13-8-21(27,9-14-24)18-2-4-19(22)5-3-18/h2-5,17,27H,6-16H2,1H3,(H,23,26). The van der Waals surface area contributed by atoms with Crippen molar-refractivity contribution in [2.75, 3.05) is 45.8 Å². The van der Waals surface area contributed by atoms with E-state index in [0.29, 0.717) is 25.9 Å². The van der Waals surface area contributed by atoms with Crippen LogP contribution in [0.25, 0.3) is 0 Å². The maximum atomic E-state index is 13.1. The fourth-order valence-electron chi connectivity index (χ4n) is 4.03. The van der Waals surface area contributed by atoms with E-state index in [2.05, 4.69) is 22.0 Å². The van der Waals surface area contributed by atoms with Gasteiger partial charge in [0.05, 0.1) is 12.1 Å². The first-order valence-corrected chi connectivity index (χ1v) is 10.1. The maximum Gasteiger partial charge on any atom is 0.234 e. The van der Waals surface area contributed by atoms with Crippen LogP contribution >= 0.6 is 0 Å². The molecular formula is C21H32FN3O2. The summed E-state index contributed by atoms with van der Waals surface area (Å²) in [6, 6.07) is 6.15. The highest BCUT2D eigenvalue weighted by molar-refractivity contribution is 5.78. The summed E-state index contributed by atoms with van der Waals surface area (Å²) in [4.78, 5) is 16.6. The summed E-state index contributed by atoms with van der Waals surface area (Å²) in [6.07, 6.45) is 3.60. The minimum Gasteiger partial charge on any atom is -0.385 e. The summed E-state index contributed by atoms with van der Waals surface area (Å²) < 4.78 is 13.1. The molecule has 0 spiro atoms. The molecule has 0 aliphatic carbocycles. The third-order valence-electron chi connectivity index (χ3n) is 6.06. The summed E-state index contributed by atoms with van der Waals surface area (Å²) >= 11 is 0. The first kappa shape index (κ1) is 20.2. The normalized spacial score (nSPS) is 21.9. The third kappa shape index (κ3) is 5.74. The number of benzene rings is 1. The lowest BCUT2D eigenvalue weighted by Crippen LogP contribution is -2.46. The zero-order valence-electron chi connectivity index (χ0n) is 16.3. The average molecular weight is 378 g/mol. The molecule has 2 saturated heterocycles. The van der Waals surface area contributed by atoms with Crippen LogP contribution in [0.1, 0.15) is 38.2 Å². The number of carbonyl (C=O) groups is 1. The SMILES string of the molecule is CC1CCN(CC(=O)NCCN2CCC(O)(c3ccc(F)cc3)CC2)CC1. The Hall–Kier alpha value is -1.50. The molecule has 0 bridgehead atoms. The Labute approximate surface area is 161 Å². The van der Waals surface area contributed by atoms with E-state index in [9.17, 15) is 14.3 Å². The zero-order valence-corrected chi connectivity index (χ0v) is 16.3. The molecule has 0 aromatic heterocycles. The van der Waals surface area contributed by atoms with Gasteiger partial charge in [-0.25, -0.2) is 4.39 Å². The summed E-state index contributed by atoms with van der Waals surface area (Å²) in [5, 5.41) is 13.9. The van der Waals surface area contributed by atoms with Gasteiger partial charge in [-0.05, 0) is 62.4 Å². The number of hydrogen-bond donors (Lipinski definition) is 2. The molecule has 5 nitrogen and oxygen atoms in total. The quantitative estimate of drug-likeness (QED) is 0.796. The molecule has 1 aromatic rings. The van der Waals surface area contributed by atoms with Crippen molar-refractivity contribution in [3.05, 3.63) is 35.6 Å². The van der Waals surface area contributed by atoms with Crippen molar-refractivity contribution >= 4 is 5.91 Å². The minimum atomic E-state index is -0.876. The van der Waals surface area contributed by atoms with Crippen LogP contribution < -0.4 is 5.32 Å². The number of aliphatic hydroxyl groups is 1. The Morgan fingerprint density at radius 2 is 1.78 bits per heavy atom. The second-order valence-corrected chi connectivity index (χ2v) is 8.19. The number of amides is 1. The molecule has 0 saturated carbocycles. The fourth-order valence-corrected chi connectivity index (χ4v) is 4.03. The Morgan fingerprint density at radius 3 is 2.41 bits per heavy atom. The smallest absolute Gasteiger partial charge is 0.234 e. The van der Waals surface area contributed by atoms with Gasteiger partial charge in [-0.15, -0.1) is 0 Å². The van der Waals surface area contributed by atoms with Crippen molar-refractivity contribution in [1.29, 1.82) is 0 Å². The van der Waals surface area contributed by atoms with Gasteiger partial charge in [0.1, 0.15) is 5.82 Å². The predicted octanol–water partition coefficient (Wildman–Crippen LogP) is 1.96. The van der Waals surface area contributed by atoms with Crippen LogP contribution in [0.15, 0.2) is 24.3 Å². The molecule has 2 fully saturated rings. The first-order valence-electron chi connectivity index (χ1n) is 10.1. The van der Waals surface area contributed by atoms with Crippen molar-refractivity contribution in [3.8, 4) is 0 Å². The molecule has 2 aliphatic rings. The van der Waals surface area contributed by atoms with Crippen LogP contribution in [0.2, 0.25) is 0 Å². The van der Waals surface area contributed by atoms with Gasteiger partial charge in [0.2, 0.25) is 5.91 Å². The van der Waals surface area contributed by atoms with E-state index in [1.165, 1.54) is 25.0 Å². The van der Waals surface area contributed by atoms with E-state index in [4.69, 9.17) is 0 Å². The van der Waals surface area contributed by atoms with Crippen LogP contribution in [0.3, 0.4) is 0 Å². The molecule has 1 aromatic carbocycles. The van der Waals surface area contributed by atoms with Crippen molar-refractivity contribution in [1.82, 2.24) is 15.1 Å². The van der Waals surface area contributed by atoms with Gasteiger partial charge in [0.25, 0.3) is 0 Å². The van der Waals surface area contributed by atoms with E-state index in [-0.39, 0.29) is 11.7 Å². The number of halogens is 1. The van der Waals surface area contributed by atoms with Crippen LogP contribution in [0.5, 0.6) is 0 Å². The van der Waals surface area contributed by atoms with Crippen LogP contribution in [0.4, 0.5) is 4.39 Å².